The monoisotopic (exact) mass is 401 g/mol. The Bertz CT molecular complexity index is 794. The third-order valence-electron chi connectivity index (χ3n) is 4.82. The summed E-state index contributed by atoms with van der Waals surface area (Å²) in [6.07, 6.45) is 1.89. The van der Waals surface area contributed by atoms with Crippen LogP contribution in [0.1, 0.15) is 28.1 Å². The number of pyridine rings is 1. The van der Waals surface area contributed by atoms with Crippen LogP contribution in [0.3, 0.4) is 0 Å². The van der Waals surface area contributed by atoms with Gasteiger partial charge in [0.05, 0.1) is 23.8 Å². The van der Waals surface area contributed by atoms with Crippen molar-refractivity contribution < 1.29 is 0 Å². The van der Waals surface area contributed by atoms with E-state index in [0.29, 0.717) is 6.54 Å². The number of hydrogen-bond donors (Lipinski definition) is 2. The zero-order chi connectivity index (χ0) is 19.9. The van der Waals surface area contributed by atoms with Gasteiger partial charge in [-0.2, -0.15) is 0 Å². The van der Waals surface area contributed by atoms with Gasteiger partial charge in [-0.05, 0) is 45.5 Å². The van der Waals surface area contributed by atoms with Gasteiger partial charge < -0.3 is 20.4 Å². The van der Waals surface area contributed by atoms with Gasteiger partial charge >= 0.3 is 0 Å². The van der Waals surface area contributed by atoms with E-state index in [-0.39, 0.29) is 0 Å². The highest BCUT2D eigenvalue weighted by molar-refractivity contribution is 7.11. The molecule has 1 aliphatic heterocycles. The van der Waals surface area contributed by atoms with Crippen molar-refractivity contribution in [1.82, 2.24) is 25.5 Å². The molecule has 0 bridgehead atoms. The summed E-state index contributed by atoms with van der Waals surface area (Å²) in [6.45, 7) is 12.6. The Labute approximate surface area is 171 Å². The maximum absolute atomic E-state index is 4.76. The molecule has 1 aliphatic rings. The average molecular weight is 402 g/mol. The van der Waals surface area contributed by atoms with Crippen LogP contribution in [-0.2, 0) is 13.1 Å². The molecule has 8 heteroatoms. The summed E-state index contributed by atoms with van der Waals surface area (Å²) in [5.74, 6) is 1.88. The van der Waals surface area contributed by atoms with E-state index >= 15 is 0 Å². The molecule has 0 unspecified atom stereocenters. The second-order valence-electron chi connectivity index (χ2n) is 7.10. The van der Waals surface area contributed by atoms with E-state index in [0.717, 1.165) is 61.7 Å². The molecule has 0 aromatic carbocycles. The first-order valence-electron chi connectivity index (χ1n) is 9.88. The van der Waals surface area contributed by atoms with E-state index in [4.69, 9.17) is 4.99 Å². The van der Waals surface area contributed by atoms with E-state index in [1.807, 2.05) is 19.2 Å². The summed E-state index contributed by atoms with van der Waals surface area (Å²) in [6, 6.07) is 4.21. The molecule has 1 saturated heterocycles. The number of aromatic nitrogens is 2. The van der Waals surface area contributed by atoms with Crippen molar-refractivity contribution in [3.8, 4) is 0 Å². The number of thiazole rings is 1. The number of anilines is 1. The van der Waals surface area contributed by atoms with E-state index in [1.165, 1.54) is 10.4 Å². The number of nitrogens with zero attached hydrogens (tertiary/aromatic N) is 5. The Kier molecular flexibility index (Phi) is 7.22. The molecule has 3 heterocycles. The third kappa shape index (κ3) is 5.65. The van der Waals surface area contributed by atoms with Crippen molar-refractivity contribution in [3.63, 3.8) is 0 Å². The molecule has 1 fully saturated rings. The van der Waals surface area contributed by atoms with E-state index in [2.05, 4.69) is 57.4 Å². The lowest BCUT2D eigenvalue weighted by molar-refractivity contribution is 0.312. The van der Waals surface area contributed by atoms with Gasteiger partial charge in [-0.25, -0.2) is 15.0 Å². The number of hydrogen-bond acceptors (Lipinski definition) is 6. The quantitative estimate of drug-likeness (QED) is 0.571. The maximum Gasteiger partial charge on any atom is 0.191 e. The van der Waals surface area contributed by atoms with E-state index in [9.17, 15) is 0 Å². The molecule has 0 aliphatic carbocycles. The van der Waals surface area contributed by atoms with Crippen molar-refractivity contribution in [2.45, 2.75) is 33.9 Å². The molecule has 152 valence electrons. The minimum absolute atomic E-state index is 0.624. The van der Waals surface area contributed by atoms with E-state index < -0.39 is 0 Å². The van der Waals surface area contributed by atoms with Gasteiger partial charge in [0.25, 0.3) is 0 Å². The fourth-order valence-electron chi connectivity index (χ4n) is 3.18. The molecule has 2 aromatic heterocycles. The van der Waals surface area contributed by atoms with Gasteiger partial charge in [0.1, 0.15) is 5.82 Å². The number of aliphatic imine (C=N–C) groups is 1. The summed E-state index contributed by atoms with van der Waals surface area (Å²) in [7, 11) is 2.17. The van der Waals surface area contributed by atoms with Gasteiger partial charge in [-0.15, -0.1) is 11.3 Å². The lowest BCUT2D eigenvalue weighted by Gasteiger charge is -2.33. The summed E-state index contributed by atoms with van der Waals surface area (Å²) in [5.41, 5.74) is 2.27. The fourth-order valence-corrected chi connectivity index (χ4v) is 4.06. The van der Waals surface area contributed by atoms with Gasteiger partial charge in [0.2, 0.25) is 0 Å². The van der Waals surface area contributed by atoms with Gasteiger partial charge in [0, 0.05) is 43.8 Å². The van der Waals surface area contributed by atoms with Crippen LogP contribution in [0.2, 0.25) is 0 Å². The van der Waals surface area contributed by atoms with Gasteiger partial charge in [-0.1, -0.05) is 0 Å². The first kappa shape index (κ1) is 20.5. The molecular formula is C20H31N7S. The highest BCUT2D eigenvalue weighted by Gasteiger charge is 2.15. The zero-order valence-corrected chi connectivity index (χ0v) is 18.1. The van der Waals surface area contributed by atoms with Crippen LogP contribution >= 0.6 is 11.3 Å². The third-order valence-corrected chi connectivity index (χ3v) is 5.89. The number of likely N-dealkylation sites (N-methyl/N-ethyl adjacent to an activating group) is 1. The fraction of sp³-hybridized carbons (Fsp3) is 0.550. The summed E-state index contributed by atoms with van der Waals surface area (Å²) < 4.78 is 0. The minimum Gasteiger partial charge on any atom is -0.357 e. The molecule has 0 atom stereocenters. The number of aryl methyl sites for hydroxylation is 2. The molecular weight excluding hydrogens is 370 g/mol. The predicted octanol–water partition coefficient (Wildman–Crippen LogP) is 2.16. The Morgan fingerprint density at radius 3 is 2.68 bits per heavy atom. The maximum atomic E-state index is 4.76. The number of guanidine groups is 1. The normalized spacial score (nSPS) is 15.7. The molecule has 7 nitrogen and oxygen atoms in total. The molecule has 2 aromatic rings. The standard InChI is InChI=1S/C20H31N7S/c1-5-21-20(24-14-18-15(2)25-16(3)28-18)23-13-17-6-7-22-19(12-17)27-10-8-26(4)9-11-27/h6-7,12H,5,8-11,13-14H2,1-4H3,(H2,21,23,24). The SMILES string of the molecule is CCNC(=NCc1ccnc(N2CCN(C)CC2)c1)NCc1sc(C)nc1C. The molecule has 3 rings (SSSR count). The summed E-state index contributed by atoms with van der Waals surface area (Å²) >= 11 is 1.73. The first-order chi connectivity index (χ1) is 13.5. The Morgan fingerprint density at radius 2 is 2.00 bits per heavy atom. The van der Waals surface area contributed by atoms with Gasteiger partial charge in [-0.3, -0.25) is 0 Å². The molecule has 0 radical (unpaired) electrons. The zero-order valence-electron chi connectivity index (χ0n) is 17.3. The van der Waals surface area contributed by atoms with Crippen LogP contribution in [-0.4, -0.2) is 60.6 Å². The highest BCUT2D eigenvalue weighted by atomic mass is 32.1. The summed E-state index contributed by atoms with van der Waals surface area (Å²) in [5, 5.41) is 7.85. The Balaban J connectivity index is 1.62. The lowest BCUT2D eigenvalue weighted by atomic mass is 10.2. The Hall–Kier alpha value is -2.19. The number of rotatable bonds is 6. The van der Waals surface area contributed by atoms with Crippen molar-refractivity contribution in [2.75, 3.05) is 44.7 Å². The second-order valence-corrected chi connectivity index (χ2v) is 8.39. The first-order valence-corrected chi connectivity index (χ1v) is 10.7. The molecule has 0 amide bonds. The topological polar surface area (TPSA) is 68.7 Å². The number of nitrogens with one attached hydrogen (secondary N) is 2. The van der Waals surface area contributed by atoms with Crippen LogP contribution in [0.15, 0.2) is 23.3 Å². The highest BCUT2D eigenvalue weighted by Crippen LogP contribution is 2.17. The average Bonchev–Trinajstić information content (AvgIpc) is 3.02. The number of piperazine rings is 1. The lowest BCUT2D eigenvalue weighted by Crippen LogP contribution is -2.44. The van der Waals surface area contributed by atoms with E-state index in [1.54, 1.807) is 11.3 Å². The van der Waals surface area contributed by atoms with Crippen molar-refractivity contribution >= 4 is 23.1 Å². The van der Waals surface area contributed by atoms with Crippen LogP contribution in [0.4, 0.5) is 5.82 Å². The smallest absolute Gasteiger partial charge is 0.191 e. The molecule has 2 N–H and O–H groups in total. The molecule has 28 heavy (non-hydrogen) atoms. The Morgan fingerprint density at radius 1 is 1.21 bits per heavy atom. The van der Waals surface area contributed by atoms with Crippen molar-refractivity contribution in [2.24, 2.45) is 4.99 Å². The van der Waals surface area contributed by atoms with Crippen LogP contribution < -0.4 is 15.5 Å². The van der Waals surface area contributed by atoms with Crippen molar-refractivity contribution in [1.29, 1.82) is 0 Å². The minimum atomic E-state index is 0.624. The van der Waals surface area contributed by atoms with Crippen molar-refractivity contribution in [3.05, 3.63) is 39.5 Å². The van der Waals surface area contributed by atoms with Crippen LogP contribution in [0.25, 0.3) is 0 Å². The van der Waals surface area contributed by atoms with Crippen LogP contribution in [0, 0.1) is 13.8 Å². The van der Waals surface area contributed by atoms with Gasteiger partial charge in [0.15, 0.2) is 5.96 Å². The van der Waals surface area contributed by atoms with Crippen LogP contribution in [0.5, 0.6) is 0 Å². The molecule has 0 spiro atoms. The largest absolute Gasteiger partial charge is 0.357 e. The summed E-state index contributed by atoms with van der Waals surface area (Å²) in [4.78, 5) is 19.8. The predicted molar refractivity (Wildman–Crippen MR) is 117 cm³/mol. The molecule has 0 saturated carbocycles. The second kappa shape index (κ2) is 9.84.